The van der Waals surface area contributed by atoms with Gasteiger partial charge in [-0.2, -0.15) is 5.26 Å². The minimum absolute atomic E-state index is 0.177. The highest BCUT2D eigenvalue weighted by Gasteiger charge is 2.35. The Morgan fingerprint density at radius 2 is 1.88 bits per heavy atom. The van der Waals surface area contributed by atoms with Crippen LogP contribution in [0.4, 0.5) is 0 Å². The first kappa shape index (κ1) is 31.6. The highest BCUT2D eigenvalue weighted by atomic mass is 32.1. The molecule has 0 fully saturated rings. The average Bonchev–Trinajstić information content (AvgIpc) is 3.73. The Kier molecular flexibility index (Phi) is 8.50. The number of hydrogen-bond donors (Lipinski definition) is 0. The number of aryl methyl sites for hydroxylation is 2. The maximum absolute atomic E-state index is 14.5. The average molecular weight is 675 g/mol. The van der Waals surface area contributed by atoms with Crippen LogP contribution in [0.3, 0.4) is 0 Å². The lowest BCUT2D eigenvalue weighted by molar-refractivity contribution is -0.138. The van der Waals surface area contributed by atoms with Crippen molar-refractivity contribution in [1.82, 2.24) is 9.13 Å². The van der Waals surface area contributed by atoms with Gasteiger partial charge in [0.1, 0.15) is 16.8 Å². The van der Waals surface area contributed by atoms with E-state index in [0.717, 1.165) is 58.8 Å². The van der Waals surface area contributed by atoms with Crippen LogP contribution in [0.2, 0.25) is 0 Å². The molecule has 0 radical (unpaired) electrons. The van der Waals surface area contributed by atoms with E-state index >= 15 is 0 Å². The standard InChI is InChI=1S/C38H34N4O4S2/c1-5-46-37(44)32-33(24-12-7-6-8-13-24)40-38-42(34(32)25-14-11-15-27(19-25)45-4)35(43)31(48-38)20-26-18-22(2)41(23(26)3)36-29(21-39)28-16-9-10-17-30(28)47-36/h6-8,11-15,18-20,34H,5,9-10,16-17H2,1-4H3/b31-20+/t34-/m0/s1. The molecular formula is C38H34N4O4S2. The number of aromatic nitrogens is 2. The topological polar surface area (TPSA) is 98.6 Å². The number of ether oxygens (including phenoxy) is 2. The number of thiazole rings is 1. The monoisotopic (exact) mass is 674 g/mol. The molecule has 0 unspecified atom stereocenters. The predicted molar refractivity (Wildman–Crippen MR) is 189 cm³/mol. The lowest BCUT2D eigenvalue weighted by atomic mass is 9.93. The maximum atomic E-state index is 14.5. The Hall–Kier alpha value is -4.98. The Labute approximate surface area is 286 Å². The summed E-state index contributed by atoms with van der Waals surface area (Å²) in [4.78, 5) is 35.0. The van der Waals surface area contributed by atoms with E-state index in [-0.39, 0.29) is 12.2 Å². The van der Waals surface area contributed by atoms with Crippen LogP contribution >= 0.6 is 22.7 Å². The van der Waals surface area contributed by atoms with Crippen molar-refractivity contribution in [2.75, 3.05) is 13.7 Å². The summed E-state index contributed by atoms with van der Waals surface area (Å²) in [5.74, 6) is 0.0771. The third-order valence-corrected chi connectivity index (χ3v) is 11.3. The Morgan fingerprint density at radius 3 is 2.62 bits per heavy atom. The summed E-state index contributed by atoms with van der Waals surface area (Å²) in [6.45, 7) is 6.00. The molecule has 1 aliphatic carbocycles. The number of carbonyl (C=O) groups is 1. The van der Waals surface area contributed by atoms with E-state index in [9.17, 15) is 14.9 Å². The second-order valence-corrected chi connectivity index (χ2v) is 14.0. The molecule has 242 valence electrons. The highest BCUT2D eigenvalue weighted by molar-refractivity contribution is 7.15. The first-order valence-electron chi connectivity index (χ1n) is 16.0. The second kappa shape index (κ2) is 12.9. The van der Waals surface area contributed by atoms with Crippen molar-refractivity contribution in [2.24, 2.45) is 4.99 Å². The largest absolute Gasteiger partial charge is 0.497 e. The van der Waals surface area contributed by atoms with Gasteiger partial charge in [-0.15, -0.1) is 11.3 Å². The van der Waals surface area contributed by atoms with Gasteiger partial charge >= 0.3 is 5.97 Å². The van der Waals surface area contributed by atoms with Gasteiger partial charge in [-0.3, -0.25) is 9.36 Å². The van der Waals surface area contributed by atoms with Gasteiger partial charge in [-0.25, -0.2) is 9.79 Å². The fourth-order valence-electron chi connectivity index (χ4n) is 6.78. The van der Waals surface area contributed by atoms with Crippen LogP contribution in [0.1, 0.15) is 69.9 Å². The quantitative estimate of drug-likeness (QED) is 0.193. The molecule has 7 rings (SSSR count). The predicted octanol–water partition coefficient (Wildman–Crippen LogP) is 6.16. The molecular weight excluding hydrogens is 641 g/mol. The summed E-state index contributed by atoms with van der Waals surface area (Å²) in [5.41, 5.74) is 6.75. The second-order valence-electron chi connectivity index (χ2n) is 11.9. The van der Waals surface area contributed by atoms with E-state index in [0.29, 0.717) is 31.9 Å². The molecule has 8 nitrogen and oxygen atoms in total. The zero-order valence-electron chi connectivity index (χ0n) is 27.2. The van der Waals surface area contributed by atoms with Crippen molar-refractivity contribution in [2.45, 2.75) is 52.5 Å². The molecule has 0 spiro atoms. The number of thiophene rings is 1. The summed E-state index contributed by atoms with van der Waals surface area (Å²) in [7, 11) is 1.59. The van der Waals surface area contributed by atoms with Gasteiger partial charge in [0.2, 0.25) is 0 Å². The van der Waals surface area contributed by atoms with Crippen LogP contribution in [0.25, 0.3) is 16.8 Å². The number of hydrogen-bond acceptors (Lipinski definition) is 8. The molecule has 1 atom stereocenters. The van der Waals surface area contributed by atoms with Gasteiger partial charge in [-0.1, -0.05) is 53.8 Å². The molecule has 5 aromatic rings. The number of benzene rings is 2. The lowest BCUT2D eigenvalue weighted by Crippen LogP contribution is -2.40. The third kappa shape index (κ3) is 5.33. The number of nitriles is 1. The third-order valence-electron chi connectivity index (χ3n) is 9.01. The zero-order chi connectivity index (χ0) is 33.5. The van der Waals surface area contributed by atoms with E-state index in [1.54, 1.807) is 29.9 Å². The number of carbonyl (C=O) groups excluding carboxylic acids is 1. The van der Waals surface area contributed by atoms with Gasteiger partial charge in [0.15, 0.2) is 4.80 Å². The molecule has 0 N–H and O–H groups in total. The van der Waals surface area contributed by atoms with Crippen LogP contribution in [0.15, 0.2) is 76.0 Å². The molecule has 48 heavy (non-hydrogen) atoms. The molecule has 0 bridgehead atoms. The highest BCUT2D eigenvalue weighted by Crippen LogP contribution is 2.39. The van der Waals surface area contributed by atoms with Crippen molar-refractivity contribution in [1.29, 1.82) is 5.26 Å². The molecule has 1 aliphatic heterocycles. The summed E-state index contributed by atoms with van der Waals surface area (Å²) in [5, 5.41) is 11.1. The minimum atomic E-state index is -0.796. The molecule has 0 saturated heterocycles. The number of fused-ring (bicyclic) bond motifs is 2. The lowest BCUT2D eigenvalue weighted by Gasteiger charge is -2.26. The molecule has 2 aliphatic rings. The normalized spacial score (nSPS) is 15.8. The number of esters is 1. The molecule has 4 heterocycles. The molecule has 0 saturated carbocycles. The van der Waals surface area contributed by atoms with Crippen molar-refractivity contribution < 1.29 is 14.3 Å². The smallest absolute Gasteiger partial charge is 0.338 e. The van der Waals surface area contributed by atoms with Crippen molar-refractivity contribution in [3.63, 3.8) is 0 Å². The summed E-state index contributed by atoms with van der Waals surface area (Å²) in [6.07, 6.45) is 6.10. The van der Waals surface area contributed by atoms with E-state index in [2.05, 4.69) is 16.7 Å². The van der Waals surface area contributed by atoms with Crippen LogP contribution in [0.5, 0.6) is 5.75 Å². The SMILES string of the molecule is CCOC(=O)C1=C(c2ccccc2)N=c2s/c(=C/c3cc(C)n(-c4sc5c(c4C#N)CCCC5)c3C)c(=O)n2[C@H]1c1cccc(OC)c1. The van der Waals surface area contributed by atoms with Crippen LogP contribution in [-0.2, 0) is 22.4 Å². The van der Waals surface area contributed by atoms with E-state index in [1.165, 1.54) is 21.8 Å². The Morgan fingerprint density at radius 1 is 1.08 bits per heavy atom. The van der Waals surface area contributed by atoms with Gasteiger partial charge in [0.05, 0.1) is 41.1 Å². The molecule has 2 aromatic carbocycles. The minimum Gasteiger partial charge on any atom is -0.497 e. The van der Waals surface area contributed by atoms with Crippen LogP contribution < -0.4 is 19.6 Å². The molecule has 3 aromatic heterocycles. The molecule has 10 heteroatoms. The summed E-state index contributed by atoms with van der Waals surface area (Å²) < 4.78 is 15.4. The number of methoxy groups -OCH3 is 1. The van der Waals surface area contributed by atoms with Gasteiger partial charge < -0.3 is 14.0 Å². The van der Waals surface area contributed by atoms with Gasteiger partial charge in [0, 0.05) is 21.8 Å². The first-order valence-corrected chi connectivity index (χ1v) is 17.6. The maximum Gasteiger partial charge on any atom is 0.338 e. The zero-order valence-corrected chi connectivity index (χ0v) is 28.8. The summed E-state index contributed by atoms with van der Waals surface area (Å²) in [6, 6.07) is 20.7. The fourth-order valence-corrected chi connectivity index (χ4v) is 9.22. The van der Waals surface area contributed by atoms with Crippen LogP contribution in [-0.4, -0.2) is 28.8 Å². The Bertz CT molecular complexity index is 2330. The Balaban J connectivity index is 1.45. The van der Waals surface area contributed by atoms with Crippen molar-refractivity contribution in [3.05, 3.63) is 130 Å². The van der Waals surface area contributed by atoms with Crippen LogP contribution in [0, 0.1) is 25.2 Å². The van der Waals surface area contributed by atoms with E-state index < -0.39 is 12.0 Å². The fraction of sp³-hybridized carbons (Fsp3) is 0.263. The number of nitrogens with zero attached hydrogens (tertiary/aromatic N) is 4. The van der Waals surface area contributed by atoms with Gasteiger partial charge in [-0.05, 0) is 87.4 Å². The van der Waals surface area contributed by atoms with Crippen molar-refractivity contribution >= 4 is 40.4 Å². The summed E-state index contributed by atoms with van der Waals surface area (Å²) >= 11 is 3.00. The van der Waals surface area contributed by atoms with Gasteiger partial charge in [0.25, 0.3) is 5.56 Å². The first-order chi connectivity index (χ1) is 23.3. The van der Waals surface area contributed by atoms with E-state index in [1.807, 2.05) is 74.5 Å². The number of rotatable bonds is 7. The molecule has 0 amide bonds. The van der Waals surface area contributed by atoms with E-state index in [4.69, 9.17) is 14.5 Å². The van der Waals surface area contributed by atoms with Crippen molar-refractivity contribution in [3.8, 4) is 16.8 Å².